The van der Waals surface area contributed by atoms with Crippen LogP contribution in [0.3, 0.4) is 0 Å². The zero-order valence-corrected chi connectivity index (χ0v) is 12.0. The number of ether oxygens (including phenoxy) is 1. The highest BCUT2D eigenvalue weighted by Crippen LogP contribution is 2.16. The second-order valence-electron chi connectivity index (χ2n) is 5.08. The number of urea groups is 1. The van der Waals surface area contributed by atoms with Gasteiger partial charge in [-0.1, -0.05) is 19.1 Å². The summed E-state index contributed by atoms with van der Waals surface area (Å²) in [5.74, 6) is 0. The molecular weight excluding hydrogens is 256 g/mol. The van der Waals surface area contributed by atoms with E-state index >= 15 is 0 Å². The van der Waals surface area contributed by atoms with E-state index in [2.05, 4.69) is 12.2 Å². The molecule has 1 aromatic rings. The van der Waals surface area contributed by atoms with Gasteiger partial charge >= 0.3 is 6.03 Å². The van der Waals surface area contributed by atoms with Gasteiger partial charge in [0, 0.05) is 18.8 Å². The van der Waals surface area contributed by atoms with Crippen LogP contribution in [0.4, 0.5) is 10.5 Å². The van der Waals surface area contributed by atoms with E-state index in [-0.39, 0.29) is 12.1 Å². The van der Waals surface area contributed by atoms with Crippen molar-refractivity contribution in [1.29, 1.82) is 0 Å². The minimum absolute atomic E-state index is 0.100. The van der Waals surface area contributed by atoms with Crippen molar-refractivity contribution in [3.63, 3.8) is 0 Å². The molecule has 0 spiro atoms. The molecule has 2 amide bonds. The van der Waals surface area contributed by atoms with Crippen molar-refractivity contribution in [2.24, 2.45) is 0 Å². The molecule has 1 heterocycles. The first kappa shape index (κ1) is 14.8. The molecule has 0 saturated carbocycles. The summed E-state index contributed by atoms with van der Waals surface area (Å²) in [7, 11) is 0. The first-order valence-corrected chi connectivity index (χ1v) is 7.05. The molecule has 1 saturated heterocycles. The number of carbonyl (C=O) groups is 1. The quantitative estimate of drug-likeness (QED) is 0.892. The van der Waals surface area contributed by atoms with Crippen molar-refractivity contribution in [1.82, 2.24) is 4.90 Å². The Kier molecular flexibility index (Phi) is 4.98. The highest BCUT2D eigenvalue weighted by molar-refractivity contribution is 5.89. The molecule has 2 unspecified atom stereocenters. The van der Waals surface area contributed by atoms with Crippen LogP contribution < -0.4 is 5.32 Å². The van der Waals surface area contributed by atoms with E-state index in [1.54, 1.807) is 24.0 Å². The van der Waals surface area contributed by atoms with E-state index in [4.69, 9.17) is 4.74 Å². The molecule has 1 aliphatic heterocycles. The van der Waals surface area contributed by atoms with Crippen LogP contribution in [0.1, 0.15) is 31.9 Å². The first-order valence-electron chi connectivity index (χ1n) is 7.05. The average molecular weight is 278 g/mol. The maximum absolute atomic E-state index is 12.2. The standard InChI is InChI=1S/C15H22N2O3/c1-3-14-10-17(8-9-20-14)15(19)16-13-6-4-12(5-7-13)11(2)18/h4-7,11,14,18H,3,8-10H2,1-2H3,(H,16,19). The number of rotatable bonds is 3. The van der Waals surface area contributed by atoms with Gasteiger partial charge in [-0.3, -0.25) is 0 Å². The van der Waals surface area contributed by atoms with Gasteiger partial charge in [-0.2, -0.15) is 0 Å². The molecule has 0 radical (unpaired) electrons. The van der Waals surface area contributed by atoms with Crippen LogP contribution in [0.25, 0.3) is 0 Å². The van der Waals surface area contributed by atoms with Crippen molar-refractivity contribution in [3.05, 3.63) is 29.8 Å². The van der Waals surface area contributed by atoms with Gasteiger partial charge in [0.25, 0.3) is 0 Å². The topological polar surface area (TPSA) is 61.8 Å². The van der Waals surface area contributed by atoms with Gasteiger partial charge in [-0.25, -0.2) is 4.79 Å². The Morgan fingerprint density at radius 1 is 1.50 bits per heavy atom. The first-order chi connectivity index (χ1) is 9.60. The third-order valence-corrected chi connectivity index (χ3v) is 3.53. The SMILES string of the molecule is CCC1CN(C(=O)Nc2ccc(C(C)O)cc2)CCO1. The minimum Gasteiger partial charge on any atom is -0.389 e. The summed E-state index contributed by atoms with van der Waals surface area (Å²) in [4.78, 5) is 13.9. The Labute approximate surface area is 119 Å². The highest BCUT2D eigenvalue weighted by atomic mass is 16.5. The zero-order chi connectivity index (χ0) is 14.5. The summed E-state index contributed by atoms with van der Waals surface area (Å²) >= 11 is 0. The number of nitrogens with zero attached hydrogens (tertiary/aromatic N) is 1. The fraction of sp³-hybridized carbons (Fsp3) is 0.533. The fourth-order valence-electron chi connectivity index (χ4n) is 2.20. The third kappa shape index (κ3) is 3.71. The van der Waals surface area contributed by atoms with Crippen molar-refractivity contribution < 1.29 is 14.6 Å². The number of nitrogens with one attached hydrogen (secondary N) is 1. The van der Waals surface area contributed by atoms with Crippen molar-refractivity contribution in [2.45, 2.75) is 32.5 Å². The summed E-state index contributed by atoms with van der Waals surface area (Å²) in [5.41, 5.74) is 1.57. The summed E-state index contributed by atoms with van der Waals surface area (Å²) in [6, 6.07) is 7.13. The molecule has 1 aliphatic rings. The Bertz CT molecular complexity index is 445. The van der Waals surface area contributed by atoms with Crippen LogP contribution in [0.15, 0.2) is 24.3 Å². The maximum Gasteiger partial charge on any atom is 0.322 e. The molecular formula is C15H22N2O3. The normalized spacial score (nSPS) is 20.6. The van der Waals surface area contributed by atoms with Crippen molar-refractivity contribution >= 4 is 11.7 Å². The number of benzene rings is 1. The number of carbonyl (C=O) groups excluding carboxylic acids is 1. The van der Waals surface area contributed by atoms with Gasteiger partial charge in [0.1, 0.15) is 0 Å². The van der Waals surface area contributed by atoms with Crippen LogP contribution in [-0.2, 0) is 4.74 Å². The molecule has 1 aromatic carbocycles. The predicted octanol–water partition coefficient (Wildman–Crippen LogP) is 2.38. The lowest BCUT2D eigenvalue weighted by molar-refractivity contribution is -0.0134. The highest BCUT2D eigenvalue weighted by Gasteiger charge is 2.22. The van der Waals surface area contributed by atoms with Gasteiger partial charge in [0.05, 0.1) is 18.8 Å². The lowest BCUT2D eigenvalue weighted by Crippen LogP contribution is -2.47. The van der Waals surface area contributed by atoms with Gasteiger partial charge in [0.2, 0.25) is 0 Å². The second kappa shape index (κ2) is 6.72. The van der Waals surface area contributed by atoms with Gasteiger partial charge in [0.15, 0.2) is 0 Å². The number of hydrogen-bond acceptors (Lipinski definition) is 3. The van der Waals surface area contributed by atoms with Crippen LogP contribution in [0.5, 0.6) is 0 Å². The molecule has 5 heteroatoms. The van der Waals surface area contributed by atoms with E-state index in [0.29, 0.717) is 19.7 Å². The van der Waals surface area contributed by atoms with Gasteiger partial charge in [-0.05, 0) is 31.0 Å². The summed E-state index contributed by atoms with van der Waals surface area (Å²) in [5, 5.41) is 12.3. The summed E-state index contributed by atoms with van der Waals surface area (Å²) in [6.07, 6.45) is 0.545. The molecule has 110 valence electrons. The van der Waals surface area contributed by atoms with E-state index in [0.717, 1.165) is 17.7 Å². The van der Waals surface area contributed by atoms with Crippen LogP contribution in [-0.4, -0.2) is 41.8 Å². The number of aliphatic hydroxyl groups is 1. The minimum atomic E-state index is -0.496. The second-order valence-corrected chi connectivity index (χ2v) is 5.08. The Morgan fingerprint density at radius 2 is 2.20 bits per heavy atom. The van der Waals surface area contributed by atoms with Crippen LogP contribution in [0.2, 0.25) is 0 Å². The van der Waals surface area contributed by atoms with Crippen LogP contribution >= 0.6 is 0 Å². The third-order valence-electron chi connectivity index (χ3n) is 3.53. The number of amides is 2. The molecule has 5 nitrogen and oxygen atoms in total. The average Bonchev–Trinajstić information content (AvgIpc) is 2.47. The number of hydrogen-bond donors (Lipinski definition) is 2. The predicted molar refractivity (Wildman–Crippen MR) is 77.7 cm³/mol. The van der Waals surface area contributed by atoms with Crippen molar-refractivity contribution in [2.75, 3.05) is 25.0 Å². The Hall–Kier alpha value is -1.59. The monoisotopic (exact) mass is 278 g/mol. The molecule has 0 bridgehead atoms. The Morgan fingerprint density at radius 3 is 2.80 bits per heavy atom. The molecule has 2 rings (SSSR count). The lowest BCUT2D eigenvalue weighted by atomic mass is 10.1. The number of anilines is 1. The summed E-state index contributed by atoms with van der Waals surface area (Å²) in [6.45, 7) is 5.61. The summed E-state index contributed by atoms with van der Waals surface area (Å²) < 4.78 is 5.55. The van der Waals surface area contributed by atoms with E-state index < -0.39 is 6.10 Å². The molecule has 0 aromatic heterocycles. The van der Waals surface area contributed by atoms with E-state index in [1.807, 2.05) is 12.1 Å². The van der Waals surface area contributed by atoms with E-state index in [9.17, 15) is 9.90 Å². The number of aliphatic hydroxyl groups excluding tert-OH is 1. The molecule has 1 fully saturated rings. The molecule has 0 aliphatic carbocycles. The number of morpholine rings is 1. The lowest BCUT2D eigenvalue weighted by Gasteiger charge is -2.32. The smallest absolute Gasteiger partial charge is 0.322 e. The van der Waals surface area contributed by atoms with Crippen molar-refractivity contribution in [3.8, 4) is 0 Å². The Balaban J connectivity index is 1.93. The van der Waals surface area contributed by atoms with Crippen LogP contribution in [0, 0.1) is 0 Å². The fourth-order valence-corrected chi connectivity index (χ4v) is 2.20. The van der Waals surface area contributed by atoms with Gasteiger partial charge in [-0.15, -0.1) is 0 Å². The molecule has 20 heavy (non-hydrogen) atoms. The maximum atomic E-state index is 12.2. The molecule has 2 atom stereocenters. The largest absolute Gasteiger partial charge is 0.389 e. The zero-order valence-electron chi connectivity index (χ0n) is 12.0. The molecule has 2 N–H and O–H groups in total. The van der Waals surface area contributed by atoms with Gasteiger partial charge < -0.3 is 20.1 Å². The van der Waals surface area contributed by atoms with E-state index in [1.165, 1.54) is 0 Å².